The van der Waals surface area contributed by atoms with Crippen LogP contribution in [0.1, 0.15) is 29.6 Å². The zero-order valence-corrected chi connectivity index (χ0v) is 11.4. The summed E-state index contributed by atoms with van der Waals surface area (Å²) in [6, 6.07) is 7.57. The second-order valence-corrected chi connectivity index (χ2v) is 5.50. The number of rotatable bonds is 6. The molecule has 1 aliphatic rings. The molecule has 2 N–H and O–H groups in total. The molecule has 1 fully saturated rings. The Labute approximate surface area is 112 Å². The van der Waals surface area contributed by atoms with Crippen molar-refractivity contribution in [1.29, 1.82) is 0 Å². The highest BCUT2D eigenvalue weighted by Crippen LogP contribution is 2.33. The molecule has 18 heavy (non-hydrogen) atoms. The zero-order valence-electron chi connectivity index (χ0n) is 10.6. The van der Waals surface area contributed by atoms with E-state index in [-0.39, 0.29) is 12.0 Å². The Morgan fingerprint density at radius 2 is 2.22 bits per heavy atom. The number of thioether (sulfide) groups is 1. The largest absolute Gasteiger partial charge is 0.393 e. The molecule has 1 aromatic rings. The monoisotopic (exact) mass is 265 g/mol. The third-order valence-electron chi connectivity index (χ3n) is 3.24. The van der Waals surface area contributed by atoms with Gasteiger partial charge in [-0.2, -0.15) is 0 Å². The van der Waals surface area contributed by atoms with E-state index in [9.17, 15) is 9.90 Å². The Bertz CT molecular complexity index is 418. The fraction of sp³-hybridized carbons (Fsp3) is 0.500. The van der Waals surface area contributed by atoms with Crippen LogP contribution >= 0.6 is 11.8 Å². The number of carbonyl (C=O) groups is 1. The van der Waals surface area contributed by atoms with Gasteiger partial charge in [-0.05, 0) is 43.6 Å². The number of benzene rings is 1. The lowest BCUT2D eigenvalue weighted by Gasteiger charge is -2.11. The van der Waals surface area contributed by atoms with Gasteiger partial charge in [-0.1, -0.05) is 12.1 Å². The Balaban J connectivity index is 1.83. The first kappa shape index (κ1) is 13.4. The maximum atomic E-state index is 12.0. The molecule has 1 amide bonds. The second-order valence-electron chi connectivity index (χ2n) is 4.65. The lowest BCUT2D eigenvalue weighted by Crippen LogP contribution is -2.28. The lowest BCUT2D eigenvalue weighted by atomic mass is 10.1. The summed E-state index contributed by atoms with van der Waals surface area (Å²) in [5.74, 6) is 0.420. The molecule has 0 bridgehead atoms. The van der Waals surface area contributed by atoms with Crippen LogP contribution in [-0.2, 0) is 0 Å². The van der Waals surface area contributed by atoms with Crippen LogP contribution < -0.4 is 5.32 Å². The van der Waals surface area contributed by atoms with Gasteiger partial charge in [0, 0.05) is 11.4 Å². The average Bonchev–Trinajstić information content (AvgIpc) is 3.22. The molecular formula is C14H19NO2S. The van der Waals surface area contributed by atoms with E-state index in [2.05, 4.69) is 5.32 Å². The molecule has 0 aliphatic heterocycles. The summed E-state index contributed by atoms with van der Waals surface area (Å²) in [5.41, 5.74) is 0.714. The molecule has 0 heterocycles. The predicted octanol–water partition coefficient (Wildman–Crippen LogP) is 2.30. The zero-order chi connectivity index (χ0) is 13.0. The van der Waals surface area contributed by atoms with Crippen LogP contribution in [0.4, 0.5) is 0 Å². The van der Waals surface area contributed by atoms with Crippen LogP contribution in [0.15, 0.2) is 29.2 Å². The summed E-state index contributed by atoms with van der Waals surface area (Å²) in [6.07, 6.45) is 4.62. The van der Waals surface area contributed by atoms with Gasteiger partial charge in [0.15, 0.2) is 0 Å². The van der Waals surface area contributed by atoms with Crippen LogP contribution in [0, 0.1) is 5.92 Å². The Kier molecular flexibility index (Phi) is 4.66. The molecule has 1 aromatic carbocycles. The maximum absolute atomic E-state index is 12.0. The second kappa shape index (κ2) is 6.25. The van der Waals surface area contributed by atoms with Crippen LogP contribution in [-0.4, -0.2) is 29.9 Å². The Hall–Kier alpha value is -1.00. The van der Waals surface area contributed by atoms with Gasteiger partial charge in [0.2, 0.25) is 0 Å². The van der Waals surface area contributed by atoms with Gasteiger partial charge in [0.05, 0.1) is 11.7 Å². The normalized spacial score (nSPS) is 16.3. The van der Waals surface area contributed by atoms with Gasteiger partial charge in [-0.15, -0.1) is 11.8 Å². The molecule has 1 unspecified atom stereocenters. The number of hydrogen-bond donors (Lipinski definition) is 2. The van der Waals surface area contributed by atoms with Crippen molar-refractivity contribution in [2.24, 2.45) is 5.92 Å². The first-order valence-corrected chi connectivity index (χ1v) is 7.54. The third kappa shape index (κ3) is 3.50. The van der Waals surface area contributed by atoms with E-state index in [0.717, 1.165) is 17.7 Å². The van der Waals surface area contributed by atoms with Gasteiger partial charge < -0.3 is 10.4 Å². The van der Waals surface area contributed by atoms with Crippen molar-refractivity contribution in [3.8, 4) is 0 Å². The molecule has 4 heteroatoms. The fourth-order valence-corrected chi connectivity index (χ4v) is 2.57. The minimum atomic E-state index is -0.249. The molecule has 1 aliphatic carbocycles. The lowest BCUT2D eigenvalue weighted by molar-refractivity contribution is 0.0934. The Morgan fingerprint density at radius 1 is 1.50 bits per heavy atom. The number of amides is 1. The number of aliphatic hydroxyl groups is 1. The molecule has 0 radical (unpaired) electrons. The van der Waals surface area contributed by atoms with E-state index in [1.807, 2.05) is 30.5 Å². The van der Waals surface area contributed by atoms with Gasteiger partial charge in [-0.25, -0.2) is 0 Å². The van der Waals surface area contributed by atoms with Crippen molar-refractivity contribution in [1.82, 2.24) is 5.32 Å². The first-order valence-electron chi connectivity index (χ1n) is 6.31. The molecule has 98 valence electrons. The summed E-state index contributed by atoms with van der Waals surface area (Å²) in [7, 11) is 0. The molecule has 0 spiro atoms. The van der Waals surface area contributed by atoms with Gasteiger partial charge >= 0.3 is 0 Å². The molecule has 1 saturated carbocycles. The highest BCUT2D eigenvalue weighted by Gasteiger charge is 2.29. The molecule has 0 saturated heterocycles. The summed E-state index contributed by atoms with van der Waals surface area (Å²) < 4.78 is 0. The predicted molar refractivity (Wildman–Crippen MR) is 73.9 cm³/mol. The van der Waals surface area contributed by atoms with Crippen molar-refractivity contribution < 1.29 is 9.90 Å². The third-order valence-corrected chi connectivity index (χ3v) is 4.04. The molecule has 2 rings (SSSR count). The quantitative estimate of drug-likeness (QED) is 0.776. The minimum Gasteiger partial charge on any atom is -0.393 e. The van der Waals surface area contributed by atoms with Crippen LogP contribution in [0.5, 0.6) is 0 Å². The van der Waals surface area contributed by atoms with Crippen molar-refractivity contribution in [2.75, 3.05) is 12.8 Å². The van der Waals surface area contributed by atoms with Crippen LogP contribution in [0.3, 0.4) is 0 Å². The van der Waals surface area contributed by atoms with E-state index >= 15 is 0 Å². The molecule has 3 nitrogen and oxygen atoms in total. The smallest absolute Gasteiger partial charge is 0.252 e. The standard InChI is InChI=1S/C14H19NO2S/c1-18-13-5-3-2-4-11(13)14(17)15-9-8-12(16)10-6-7-10/h2-5,10,12,16H,6-9H2,1H3,(H,15,17). The van der Waals surface area contributed by atoms with Gasteiger partial charge in [0.1, 0.15) is 0 Å². The van der Waals surface area contributed by atoms with Gasteiger partial charge in [0.25, 0.3) is 5.91 Å². The van der Waals surface area contributed by atoms with Gasteiger partial charge in [-0.3, -0.25) is 4.79 Å². The number of carbonyl (C=O) groups excluding carboxylic acids is 1. The summed E-state index contributed by atoms with van der Waals surface area (Å²) in [6.45, 7) is 0.541. The van der Waals surface area contributed by atoms with E-state index in [4.69, 9.17) is 0 Å². The highest BCUT2D eigenvalue weighted by atomic mass is 32.2. The van der Waals surface area contributed by atoms with E-state index < -0.39 is 0 Å². The number of nitrogens with one attached hydrogen (secondary N) is 1. The SMILES string of the molecule is CSc1ccccc1C(=O)NCCC(O)C1CC1. The van der Waals surface area contributed by atoms with Crippen molar-refractivity contribution in [3.63, 3.8) is 0 Å². The van der Waals surface area contributed by atoms with Crippen molar-refractivity contribution in [3.05, 3.63) is 29.8 Å². The molecule has 0 aromatic heterocycles. The van der Waals surface area contributed by atoms with Crippen molar-refractivity contribution >= 4 is 17.7 Å². The van der Waals surface area contributed by atoms with Crippen molar-refractivity contribution in [2.45, 2.75) is 30.3 Å². The van der Waals surface area contributed by atoms with Crippen LogP contribution in [0.2, 0.25) is 0 Å². The number of aliphatic hydroxyl groups excluding tert-OH is 1. The topological polar surface area (TPSA) is 49.3 Å². The summed E-state index contributed by atoms with van der Waals surface area (Å²) >= 11 is 1.57. The van der Waals surface area contributed by atoms with E-state index in [0.29, 0.717) is 24.4 Å². The highest BCUT2D eigenvalue weighted by molar-refractivity contribution is 7.98. The fourth-order valence-electron chi connectivity index (χ4n) is 1.98. The van der Waals surface area contributed by atoms with E-state index in [1.165, 1.54) is 0 Å². The maximum Gasteiger partial charge on any atom is 0.252 e. The summed E-state index contributed by atoms with van der Waals surface area (Å²) in [5, 5.41) is 12.6. The number of hydrogen-bond acceptors (Lipinski definition) is 3. The summed E-state index contributed by atoms with van der Waals surface area (Å²) in [4.78, 5) is 13.0. The first-order chi connectivity index (χ1) is 8.72. The molecular weight excluding hydrogens is 246 g/mol. The Morgan fingerprint density at radius 3 is 2.89 bits per heavy atom. The van der Waals surface area contributed by atoms with E-state index in [1.54, 1.807) is 11.8 Å². The minimum absolute atomic E-state index is 0.0528. The molecule has 1 atom stereocenters. The average molecular weight is 265 g/mol. The van der Waals surface area contributed by atoms with Crippen LogP contribution in [0.25, 0.3) is 0 Å².